The molecule has 0 rings (SSSR count). The fourth-order valence-electron chi connectivity index (χ4n) is 1.62. The van der Waals surface area contributed by atoms with E-state index in [-0.39, 0.29) is 18.8 Å². The van der Waals surface area contributed by atoms with Crippen molar-refractivity contribution < 1.29 is 14.3 Å². The topological polar surface area (TPSA) is 43.4 Å². The Morgan fingerprint density at radius 2 is 1.75 bits per heavy atom. The summed E-state index contributed by atoms with van der Waals surface area (Å²) in [6, 6.07) is 0. The van der Waals surface area contributed by atoms with Crippen molar-refractivity contribution in [2.24, 2.45) is 0 Å². The molecule has 0 spiro atoms. The number of ether oxygens (including phenoxy) is 1. The number of alkyl halides is 1. The van der Waals surface area contributed by atoms with Crippen molar-refractivity contribution in [1.82, 2.24) is 0 Å². The lowest BCUT2D eigenvalue weighted by Gasteiger charge is -2.20. The summed E-state index contributed by atoms with van der Waals surface area (Å²) >= 11 is 6.15. The number of Topliss-reactive ketones (excluding diaryl/α,β-unsaturated/α-hetero) is 1. The van der Waals surface area contributed by atoms with Crippen LogP contribution in [0.1, 0.15) is 53.9 Å². The van der Waals surface area contributed by atoms with Gasteiger partial charge in [0.15, 0.2) is 5.78 Å². The Morgan fingerprint density at radius 3 is 2.20 bits per heavy atom. The Hall–Kier alpha value is -1.09. The molecule has 114 valence electrons. The molecule has 1 atom stereocenters. The normalized spacial score (nSPS) is 14.4. The lowest BCUT2D eigenvalue weighted by atomic mass is 9.97. The molecule has 0 heterocycles. The molecule has 0 amide bonds. The predicted molar refractivity (Wildman–Crippen MR) is 82.9 cm³/mol. The van der Waals surface area contributed by atoms with E-state index in [0.717, 1.165) is 18.4 Å². The highest BCUT2D eigenvalue weighted by molar-refractivity contribution is 6.45. The van der Waals surface area contributed by atoms with Crippen molar-refractivity contribution in [3.63, 3.8) is 0 Å². The van der Waals surface area contributed by atoms with Gasteiger partial charge in [0, 0.05) is 6.42 Å². The third-order valence-corrected chi connectivity index (χ3v) is 3.55. The van der Waals surface area contributed by atoms with Gasteiger partial charge in [-0.25, -0.2) is 4.79 Å². The average Bonchev–Trinajstić information content (AvgIpc) is 2.35. The van der Waals surface area contributed by atoms with E-state index in [2.05, 4.69) is 19.9 Å². The largest absolute Gasteiger partial charge is 0.464 e. The number of rotatable bonds is 8. The first-order valence-electron chi connectivity index (χ1n) is 6.90. The van der Waals surface area contributed by atoms with Crippen LogP contribution in [0.4, 0.5) is 0 Å². The molecule has 0 N–H and O–H groups in total. The molecule has 1 unspecified atom stereocenters. The van der Waals surface area contributed by atoms with Gasteiger partial charge in [-0.15, -0.1) is 0 Å². The maximum atomic E-state index is 11.8. The number of carbonyl (C=O) groups is 2. The van der Waals surface area contributed by atoms with E-state index < -0.39 is 10.8 Å². The molecule has 20 heavy (non-hydrogen) atoms. The minimum Gasteiger partial charge on any atom is -0.464 e. The molecule has 0 aromatic carbocycles. The van der Waals surface area contributed by atoms with Crippen LogP contribution in [0.3, 0.4) is 0 Å². The molecule has 0 saturated heterocycles. The van der Waals surface area contributed by atoms with Gasteiger partial charge >= 0.3 is 5.97 Å². The molecule has 0 fully saturated rings. The van der Waals surface area contributed by atoms with Crippen LogP contribution in [0.5, 0.6) is 0 Å². The van der Waals surface area contributed by atoms with Crippen LogP contribution in [-0.2, 0) is 14.3 Å². The molecule has 0 bridgehead atoms. The minimum absolute atomic E-state index is 0.170. The first kappa shape index (κ1) is 18.9. The summed E-state index contributed by atoms with van der Waals surface area (Å²) in [7, 11) is 0. The molecule has 0 radical (unpaired) electrons. The van der Waals surface area contributed by atoms with Crippen molar-refractivity contribution in [3.8, 4) is 0 Å². The summed E-state index contributed by atoms with van der Waals surface area (Å²) in [4.78, 5) is 21.8. The van der Waals surface area contributed by atoms with Crippen LogP contribution in [0.15, 0.2) is 23.3 Å². The van der Waals surface area contributed by atoms with Crippen molar-refractivity contribution in [2.45, 2.75) is 58.8 Å². The third kappa shape index (κ3) is 6.38. The van der Waals surface area contributed by atoms with Gasteiger partial charge in [0.1, 0.15) is 0 Å². The van der Waals surface area contributed by atoms with Crippen LogP contribution in [-0.4, -0.2) is 23.2 Å². The molecule has 0 aliphatic heterocycles. The molecule has 3 nitrogen and oxygen atoms in total. The first-order valence-corrected chi connectivity index (χ1v) is 7.28. The maximum absolute atomic E-state index is 11.8. The minimum atomic E-state index is -1.59. The number of halogens is 1. The van der Waals surface area contributed by atoms with E-state index in [0.29, 0.717) is 0 Å². The van der Waals surface area contributed by atoms with Gasteiger partial charge in [-0.3, -0.25) is 4.79 Å². The summed E-state index contributed by atoms with van der Waals surface area (Å²) in [6.45, 7) is 9.30. The van der Waals surface area contributed by atoms with E-state index in [9.17, 15) is 9.59 Å². The highest BCUT2D eigenvalue weighted by Crippen LogP contribution is 2.25. The van der Waals surface area contributed by atoms with Gasteiger partial charge in [-0.05, 0) is 47.5 Å². The Labute approximate surface area is 127 Å². The summed E-state index contributed by atoms with van der Waals surface area (Å²) < 4.78 is 4.88. The Bertz CT molecular complexity index is 406. The Morgan fingerprint density at radius 1 is 1.15 bits per heavy atom. The van der Waals surface area contributed by atoms with E-state index in [1.165, 1.54) is 12.5 Å². The van der Waals surface area contributed by atoms with Crippen LogP contribution in [0.2, 0.25) is 0 Å². The summed E-state index contributed by atoms with van der Waals surface area (Å²) in [5.74, 6) is -1.05. The molecular weight excluding hydrogens is 276 g/mol. The van der Waals surface area contributed by atoms with Crippen LogP contribution in [0, 0.1) is 0 Å². The fraction of sp³-hybridized carbons (Fsp3) is 0.625. The van der Waals surface area contributed by atoms with Gasteiger partial charge in [0.25, 0.3) is 0 Å². The van der Waals surface area contributed by atoms with E-state index >= 15 is 0 Å². The lowest BCUT2D eigenvalue weighted by Crippen LogP contribution is -2.40. The second-order valence-electron chi connectivity index (χ2n) is 5.15. The van der Waals surface area contributed by atoms with Crippen molar-refractivity contribution in [1.29, 1.82) is 0 Å². The van der Waals surface area contributed by atoms with Crippen LogP contribution >= 0.6 is 11.6 Å². The molecule has 0 aromatic rings. The number of hydrogen-bond donors (Lipinski definition) is 0. The summed E-state index contributed by atoms with van der Waals surface area (Å²) in [5, 5.41) is 0. The highest BCUT2D eigenvalue weighted by atomic mass is 35.5. The molecular formula is C16H25ClO3. The third-order valence-electron chi connectivity index (χ3n) is 2.98. The monoisotopic (exact) mass is 300 g/mol. The second-order valence-corrected chi connectivity index (χ2v) is 5.80. The second kappa shape index (κ2) is 8.96. The van der Waals surface area contributed by atoms with Crippen molar-refractivity contribution >= 4 is 23.4 Å². The lowest BCUT2D eigenvalue weighted by molar-refractivity contribution is -0.149. The number of allylic oxidation sites excluding steroid dienone is 4. The number of carbonyl (C=O) groups excluding carboxylic acids is 2. The number of ketones is 1. The van der Waals surface area contributed by atoms with Gasteiger partial charge in [0.05, 0.1) is 6.61 Å². The zero-order valence-electron chi connectivity index (χ0n) is 13.1. The molecule has 0 aliphatic rings. The Kier molecular flexibility index (Phi) is 8.47. The van der Waals surface area contributed by atoms with Gasteiger partial charge in [-0.2, -0.15) is 0 Å². The number of esters is 1. The van der Waals surface area contributed by atoms with E-state index in [1.54, 1.807) is 6.92 Å². The van der Waals surface area contributed by atoms with Crippen molar-refractivity contribution in [3.05, 3.63) is 23.3 Å². The maximum Gasteiger partial charge on any atom is 0.335 e. The molecule has 0 saturated carbocycles. The summed E-state index contributed by atoms with van der Waals surface area (Å²) in [5.41, 5.74) is 2.39. The highest BCUT2D eigenvalue weighted by Gasteiger charge is 2.41. The zero-order valence-corrected chi connectivity index (χ0v) is 13.8. The smallest absolute Gasteiger partial charge is 0.335 e. The quantitative estimate of drug-likeness (QED) is 0.292. The Balaban J connectivity index is 4.72. The average molecular weight is 301 g/mol. The van der Waals surface area contributed by atoms with Gasteiger partial charge in [-0.1, -0.05) is 34.9 Å². The number of hydrogen-bond acceptors (Lipinski definition) is 3. The fourth-order valence-corrected chi connectivity index (χ4v) is 1.75. The van der Waals surface area contributed by atoms with Crippen LogP contribution < -0.4 is 0 Å². The van der Waals surface area contributed by atoms with Crippen molar-refractivity contribution in [2.75, 3.05) is 6.61 Å². The zero-order chi connectivity index (χ0) is 15.8. The SMILES string of the molecule is CCOC(=O)C(Cl)(CC=C(C)CCC=C(C)C)C(C)=O. The predicted octanol–water partition coefficient (Wildman–Crippen LogP) is 4.20. The first-order chi connectivity index (χ1) is 9.24. The molecule has 4 heteroatoms. The van der Waals surface area contributed by atoms with Crippen LogP contribution in [0.25, 0.3) is 0 Å². The van der Waals surface area contributed by atoms with E-state index in [4.69, 9.17) is 16.3 Å². The standard InChI is InChI=1S/C16H25ClO3/c1-6-20-15(19)16(17,14(5)18)11-10-13(4)9-7-8-12(2)3/h8,10H,6-7,9,11H2,1-5H3. The van der Waals surface area contributed by atoms with E-state index in [1.807, 2.05) is 13.0 Å². The molecule has 0 aromatic heterocycles. The summed E-state index contributed by atoms with van der Waals surface area (Å²) in [6.07, 6.45) is 6.01. The van der Waals surface area contributed by atoms with Gasteiger partial charge < -0.3 is 4.74 Å². The van der Waals surface area contributed by atoms with Gasteiger partial charge in [0.2, 0.25) is 4.87 Å². The molecule has 0 aliphatic carbocycles.